The Kier molecular flexibility index (Phi) is 5.72. The number of hydrogen-bond donors (Lipinski definition) is 2. The number of benzene rings is 1. The largest absolute Gasteiger partial charge is 0.366 e. The minimum absolute atomic E-state index is 0.0159. The number of pyridine rings is 1. The predicted octanol–water partition coefficient (Wildman–Crippen LogP) is 3.27. The van der Waals surface area contributed by atoms with E-state index in [1.54, 1.807) is 21.7 Å². The van der Waals surface area contributed by atoms with Gasteiger partial charge < -0.3 is 20.5 Å². The zero-order valence-corrected chi connectivity index (χ0v) is 22.3. The average molecular weight is 538 g/mol. The van der Waals surface area contributed by atoms with Crippen molar-refractivity contribution in [3.8, 4) is 11.1 Å². The fourth-order valence-electron chi connectivity index (χ4n) is 7.02. The van der Waals surface area contributed by atoms with Crippen molar-refractivity contribution in [1.29, 1.82) is 0 Å². The lowest BCUT2D eigenvalue weighted by atomic mass is 9.97. The number of anilines is 1. The Labute approximate surface area is 231 Å². The minimum atomic E-state index is -0.545. The number of carbonyl (C=O) groups is 3. The van der Waals surface area contributed by atoms with Crippen molar-refractivity contribution >= 4 is 34.4 Å². The number of aryl methyl sites for hydroxylation is 2. The zero-order chi connectivity index (χ0) is 27.5. The molecule has 2 bridgehead atoms. The van der Waals surface area contributed by atoms with Crippen molar-refractivity contribution in [3.05, 3.63) is 65.7 Å². The topological polar surface area (TPSA) is 128 Å². The molecule has 10 heteroatoms. The molecule has 3 aliphatic rings. The first-order valence-corrected chi connectivity index (χ1v) is 13.9. The Hall–Kier alpha value is -4.47. The van der Waals surface area contributed by atoms with E-state index in [2.05, 4.69) is 15.4 Å². The van der Waals surface area contributed by atoms with Crippen molar-refractivity contribution in [1.82, 2.24) is 24.2 Å². The van der Waals surface area contributed by atoms with Crippen LogP contribution < -0.4 is 11.1 Å². The maximum absolute atomic E-state index is 13.8. The second-order valence-electron chi connectivity index (χ2n) is 11.2. The molecule has 1 saturated heterocycles. The van der Waals surface area contributed by atoms with Gasteiger partial charge in [-0.15, -0.1) is 0 Å². The van der Waals surface area contributed by atoms with Crippen molar-refractivity contribution in [2.45, 2.75) is 64.2 Å². The highest BCUT2D eigenvalue weighted by atomic mass is 16.2. The molecule has 1 aliphatic carbocycles. The number of likely N-dealkylation sites (tertiary alicyclic amines) is 1. The lowest BCUT2D eigenvalue weighted by Gasteiger charge is -2.34. The molecule has 3 aromatic heterocycles. The van der Waals surface area contributed by atoms with Crippen LogP contribution in [0.5, 0.6) is 0 Å². The molecule has 3 amide bonds. The normalized spacial score (nSPS) is 21.2. The van der Waals surface area contributed by atoms with Crippen LogP contribution in [-0.2, 0) is 29.1 Å². The first-order valence-electron chi connectivity index (χ1n) is 13.9. The van der Waals surface area contributed by atoms with Gasteiger partial charge in [-0.05, 0) is 74.8 Å². The summed E-state index contributed by atoms with van der Waals surface area (Å²) in [5.41, 5.74) is 10.9. The molecule has 40 heavy (non-hydrogen) atoms. The number of piperidine rings is 1. The molecule has 3 N–H and O–H groups in total. The molecule has 1 saturated carbocycles. The number of rotatable bonds is 6. The zero-order valence-electron chi connectivity index (χ0n) is 22.3. The van der Waals surface area contributed by atoms with Crippen LogP contribution in [0.4, 0.5) is 5.82 Å². The Morgan fingerprint density at radius 3 is 2.85 bits per heavy atom. The average Bonchev–Trinajstić information content (AvgIpc) is 3.74. The third kappa shape index (κ3) is 3.97. The van der Waals surface area contributed by atoms with E-state index in [0.717, 1.165) is 61.0 Å². The highest BCUT2D eigenvalue weighted by molar-refractivity contribution is 6.07. The second kappa shape index (κ2) is 9.32. The van der Waals surface area contributed by atoms with E-state index < -0.39 is 11.9 Å². The van der Waals surface area contributed by atoms with E-state index in [-0.39, 0.29) is 30.3 Å². The molecule has 0 spiro atoms. The predicted molar refractivity (Wildman–Crippen MR) is 149 cm³/mol. The molecular formula is C30H31N7O3. The number of aromatic nitrogens is 4. The van der Waals surface area contributed by atoms with Gasteiger partial charge in [-0.1, -0.05) is 12.1 Å². The third-order valence-electron chi connectivity index (χ3n) is 8.78. The molecule has 0 radical (unpaired) electrons. The monoisotopic (exact) mass is 537 g/mol. The van der Waals surface area contributed by atoms with Crippen molar-refractivity contribution < 1.29 is 14.4 Å². The highest BCUT2D eigenvalue weighted by Gasteiger charge is 2.51. The van der Waals surface area contributed by atoms with Crippen LogP contribution in [-0.4, -0.2) is 54.0 Å². The van der Waals surface area contributed by atoms with Crippen molar-refractivity contribution in [2.24, 2.45) is 11.7 Å². The van der Waals surface area contributed by atoms with Crippen LogP contribution in [0.3, 0.4) is 0 Å². The molecule has 2 aliphatic heterocycles. The minimum Gasteiger partial charge on any atom is -0.366 e. The van der Waals surface area contributed by atoms with Gasteiger partial charge in [-0.25, -0.2) is 4.98 Å². The molecule has 3 atom stereocenters. The van der Waals surface area contributed by atoms with E-state index >= 15 is 0 Å². The van der Waals surface area contributed by atoms with Gasteiger partial charge in [0.05, 0.1) is 11.8 Å². The van der Waals surface area contributed by atoms with E-state index in [0.29, 0.717) is 16.8 Å². The number of nitrogens with one attached hydrogen (secondary N) is 1. The molecule has 204 valence electrons. The van der Waals surface area contributed by atoms with E-state index in [9.17, 15) is 14.4 Å². The molecule has 10 nitrogen and oxygen atoms in total. The number of primary amides is 1. The summed E-state index contributed by atoms with van der Waals surface area (Å²) < 4.78 is 3.82. The smallest absolute Gasteiger partial charge is 0.250 e. The first kappa shape index (κ1) is 24.6. The lowest BCUT2D eigenvalue weighted by Crippen LogP contribution is -2.51. The van der Waals surface area contributed by atoms with Gasteiger partial charge in [-0.3, -0.25) is 19.1 Å². The van der Waals surface area contributed by atoms with E-state index in [1.165, 1.54) is 5.69 Å². The number of nitrogens with two attached hydrogens (primary N) is 1. The Balaban J connectivity index is 1.18. The summed E-state index contributed by atoms with van der Waals surface area (Å²) in [5.74, 6) is -0.274. The quantitative estimate of drug-likeness (QED) is 0.390. The van der Waals surface area contributed by atoms with Crippen LogP contribution in [0, 0.1) is 12.8 Å². The van der Waals surface area contributed by atoms with Gasteiger partial charge in [-0.2, -0.15) is 5.10 Å². The molecular weight excluding hydrogens is 506 g/mol. The molecule has 5 heterocycles. The standard InChI is InChI=1S/C30H31N7O3/c1-17-4-2-6-26(33-17)34-30(40)28-19-7-9-20(12-19)37(28)27(38)16-35-15-23(29(31)39)21-13-18(8-10-24(21)35)22-14-32-36-11-3-5-25(22)36/h2,4,6,8,10,13-15,19-20,28H,3,5,7,9,11-12,16H2,1H3,(H2,31,39)(H,33,34,40)/t19-,20+,28-/m0/s1. The first-order chi connectivity index (χ1) is 19.4. The number of amides is 3. The number of carbonyl (C=O) groups excluding carboxylic acids is 3. The summed E-state index contributed by atoms with van der Waals surface area (Å²) in [6.45, 7) is 2.81. The number of hydrogen-bond acceptors (Lipinski definition) is 5. The SMILES string of the molecule is Cc1cccc(NC(=O)[C@@H]2[C@H]3CC[C@H](C3)N2C(=O)Cn2cc(C(N)=O)c3cc(-c4cnn5c4CCC5)ccc32)n1. The number of fused-ring (bicyclic) bond motifs is 4. The van der Waals surface area contributed by atoms with Crippen LogP contribution >= 0.6 is 0 Å². The van der Waals surface area contributed by atoms with Gasteiger partial charge in [0, 0.05) is 46.6 Å². The summed E-state index contributed by atoms with van der Waals surface area (Å²) in [6, 6.07) is 10.9. The summed E-state index contributed by atoms with van der Waals surface area (Å²) in [7, 11) is 0. The van der Waals surface area contributed by atoms with Gasteiger partial charge >= 0.3 is 0 Å². The van der Waals surface area contributed by atoms with E-state index in [4.69, 9.17) is 5.73 Å². The third-order valence-corrected chi connectivity index (χ3v) is 8.78. The van der Waals surface area contributed by atoms with E-state index in [1.807, 2.05) is 48.1 Å². The summed E-state index contributed by atoms with van der Waals surface area (Å²) in [6.07, 6.45) is 8.22. The second-order valence-corrected chi connectivity index (χ2v) is 11.2. The Bertz CT molecular complexity index is 1690. The van der Waals surface area contributed by atoms with Gasteiger partial charge in [0.2, 0.25) is 11.8 Å². The summed E-state index contributed by atoms with van der Waals surface area (Å²) in [4.78, 5) is 45.8. The van der Waals surface area contributed by atoms with Gasteiger partial charge in [0.15, 0.2) is 0 Å². The molecule has 2 fully saturated rings. The Morgan fingerprint density at radius 2 is 2.02 bits per heavy atom. The maximum atomic E-state index is 13.8. The molecule has 1 aromatic carbocycles. The fourth-order valence-corrected chi connectivity index (χ4v) is 7.02. The Morgan fingerprint density at radius 1 is 1.15 bits per heavy atom. The molecule has 4 aromatic rings. The van der Waals surface area contributed by atoms with Crippen LogP contribution in [0.1, 0.15) is 47.4 Å². The van der Waals surface area contributed by atoms with Gasteiger partial charge in [0.25, 0.3) is 5.91 Å². The molecule has 0 unspecified atom stereocenters. The molecule has 7 rings (SSSR count). The number of nitrogens with zero attached hydrogens (tertiary/aromatic N) is 5. The van der Waals surface area contributed by atoms with Crippen LogP contribution in [0.15, 0.2) is 48.8 Å². The summed E-state index contributed by atoms with van der Waals surface area (Å²) >= 11 is 0. The van der Waals surface area contributed by atoms with Gasteiger partial charge in [0.1, 0.15) is 18.4 Å². The van der Waals surface area contributed by atoms with Crippen LogP contribution in [0.2, 0.25) is 0 Å². The van der Waals surface area contributed by atoms with Crippen molar-refractivity contribution in [3.63, 3.8) is 0 Å². The van der Waals surface area contributed by atoms with Crippen molar-refractivity contribution in [2.75, 3.05) is 5.32 Å². The van der Waals surface area contributed by atoms with Crippen LogP contribution in [0.25, 0.3) is 22.0 Å². The lowest BCUT2D eigenvalue weighted by molar-refractivity contribution is -0.141. The highest BCUT2D eigenvalue weighted by Crippen LogP contribution is 2.43. The fraction of sp³-hybridized carbons (Fsp3) is 0.367. The summed E-state index contributed by atoms with van der Waals surface area (Å²) in [5, 5.41) is 8.14. The maximum Gasteiger partial charge on any atom is 0.250 e.